The van der Waals surface area contributed by atoms with Crippen molar-refractivity contribution in [1.29, 1.82) is 0 Å². The van der Waals surface area contributed by atoms with Crippen LogP contribution in [0, 0.1) is 18.8 Å². The van der Waals surface area contributed by atoms with Crippen LogP contribution in [0.15, 0.2) is 11.6 Å². The van der Waals surface area contributed by atoms with Gasteiger partial charge in [-0.05, 0) is 50.3 Å². The van der Waals surface area contributed by atoms with Crippen LogP contribution >= 0.6 is 11.6 Å². The van der Waals surface area contributed by atoms with Crippen molar-refractivity contribution in [3.63, 3.8) is 0 Å². The third-order valence-corrected chi connectivity index (χ3v) is 3.91. The van der Waals surface area contributed by atoms with E-state index in [1.807, 2.05) is 6.92 Å². The Labute approximate surface area is 120 Å². The van der Waals surface area contributed by atoms with Crippen LogP contribution in [0.4, 0.5) is 0 Å². The molecule has 1 aliphatic rings. The Morgan fingerprint density at radius 2 is 2.05 bits per heavy atom. The van der Waals surface area contributed by atoms with E-state index in [4.69, 9.17) is 11.6 Å². The monoisotopic (exact) mass is 274 g/mol. The van der Waals surface area contributed by atoms with E-state index in [0.29, 0.717) is 11.4 Å². The minimum atomic E-state index is 0.231. The molecule has 1 aromatic rings. The smallest absolute Gasteiger partial charge is 0.138 e. The fourth-order valence-electron chi connectivity index (χ4n) is 2.23. The van der Waals surface area contributed by atoms with Crippen LogP contribution in [-0.2, 0) is 12.8 Å². The van der Waals surface area contributed by atoms with Gasteiger partial charge in [0.15, 0.2) is 0 Å². The molecule has 1 aromatic carbocycles. The number of benzene rings is 1. The van der Waals surface area contributed by atoms with Crippen molar-refractivity contribution in [3.8, 4) is 17.6 Å². The van der Waals surface area contributed by atoms with Gasteiger partial charge >= 0.3 is 0 Å². The first-order chi connectivity index (χ1) is 9.02. The fourth-order valence-corrected chi connectivity index (χ4v) is 2.46. The van der Waals surface area contributed by atoms with Crippen LogP contribution < -0.4 is 0 Å². The molecule has 0 aliphatic heterocycles. The number of phenols is 1. The number of rotatable bonds is 3. The van der Waals surface area contributed by atoms with Gasteiger partial charge in [-0.25, -0.2) is 0 Å². The molecule has 0 fully saturated rings. The van der Waals surface area contributed by atoms with Crippen LogP contribution in [0.3, 0.4) is 0 Å². The summed E-state index contributed by atoms with van der Waals surface area (Å²) >= 11 is 6.11. The molecule has 2 heteroatoms. The average Bonchev–Trinajstić information content (AvgIpc) is 3.14. The van der Waals surface area contributed by atoms with Gasteiger partial charge in [-0.3, -0.25) is 0 Å². The van der Waals surface area contributed by atoms with Gasteiger partial charge < -0.3 is 5.11 Å². The Morgan fingerprint density at radius 1 is 1.32 bits per heavy atom. The topological polar surface area (TPSA) is 20.2 Å². The van der Waals surface area contributed by atoms with Crippen molar-refractivity contribution in [3.05, 3.63) is 38.9 Å². The molecule has 0 spiro atoms. The first kappa shape index (κ1) is 14.0. The highest BCUT2D eigenvalue weighted by atomic mass is 35.5. The summed E-state index contributed by atoms with van der Waals surface area (Å²) in [6.45, 7) is 6.15. The molecular formula is C17H19ClO. The number of hydrogen-bond acceptors (Lipinski definition) is 1. The lowest BCUT2D eigenvalue weighted by atomic mass is 10.1. The summed E-state index contributed by atoms with van der Waals surface area (Å²) in [6.07, 6.45) is 5.61. The van der Waals surface area contributed by atoms with E-state index in [0.717, 1.165) is 30.4 Å². The summed E-state index contributed by atoms with van der Waals surface area (Å²) in [5.74, 6) is 6.52. The highest BCUT2D eigenvalue weighted by molar-refractivity contribution is 6.33. The Balaban J connectivity index is 2.01. The molecule has 0 radical (unpaired) electrons. The zero-order chi connectivity index (χ0) is 14.0. The quantitative estimate of drug-likeness (QED) is 0.495. The molecular weight excluding hydrogens is 256 g/mol. The lowest BCUT2D eigenvalue weighted by Crippen LogP contribution is -1.86. The summed E-state index contributed by atoms with van der Waals surface area (Å²) in [6, 6.07) is 0. The second-order valence-electron chi connectivity index (χ2n) is 5.25. The largest absolute Gasteiger partial charge is 0.506 e. The minimum absolute atomic E-state index is 0.231. The highest BCUT2D eigenvalue weighted by Crippen LogP contribution is 2.45. The first-order valence-electron chi connectivity index (χ1n) is 6.63. The zero-order valence-electron chi connectivity index (χ0n) is 11.7. The molecule has 0 aromatic heterocycles. The summed E-state index contributed by atoms with van der Waals surface area (Å²) in [5, 5.41) is 10.6. The normalized spacial score (nSPS) is 11.4. The van der Waals surface area contributed by atoms with Gasteiger partial charge in [0.05, 0.1) is 5.02 Å². The molecule has 0 bridgehead atoms. The number of aromatic hydroxyl groups is 1. The minimum Gasteiger partial charge on any atom is -0.506 e. The van der Waals surface area contributed by atoms with Gasteiger partial charge in [-0.15, -0.1) is 5.92 Å². The van der Waals surface area contributed by atoms with Crippen LogP contribution in [0.2, 0.25) is 5.02 Å². The molecule has 0 unspecified atom stereocenters. The Bertz CT molecular complexity index is 596. The fraction of sp³-hybridized carbons (Fsp3) is 0.412. The van der Waals surface area contributed by atoms with Crippen LogP contribution in [0.1, 0.15) is 48.9 Å². The summed E-state index contributed by atoms with van der Waals surface area (Å²) in [7, 11) is 0. The molecule has 1 aliphatic carbocycles. The molecule has 1 nitrogen and oxygen atoms in total. The van der Waals surface area contributed by atoms with E-state index in [1.54, 1.807) is 0 Å². The van der Waals surface area contributed by atoms with Gasteiger partial charge in [0.25, 0.3) is 0 Å². The number of fused-ring (bicyclic) bond motifs is 1. The van der Waals surface area contributed by atoms with Gasteiger partial charge in [-0.1, -0.05) is 29.2 Å². The zero-order valence-corrected chi connectivity index (χ0v) is 12.5. The van der Waals surface area contributed by atoms with Crippen molar-refractivity contribution in [1.82, 2.24) is 0 Å². The van der Waals surface area contributed by atoms with Crippen molar-refractivity contribution >= 4 is 11.6 Å². The second-order valence-corrected chi connectivity index (χ2v) is 5.63. The lowest BCUT2D eigenvalue weighted by Gasteiger charge is -2.04. The van der Waals surface area contributed by atoms with Gasteiger partial charge in [0, 0.05) is 18.4 Å². The second kappa shape index (κ2) is 5.72. The van der Waals surface area contributed by atoms with Crippen molar-refractivity contribution in [2.45, 2.75) is 46.5 Å². The maximum absolute atomic E-state index is 10.1. The van der Waals surface area contributed by atoms with Crippen molar-refractivity contribution in [2.75, 3.05) is 0 Å². The van der Waals surface area contributed by atoms with Gasteiger partial charge in [0.1, 0.15) is 5.75 Å². The molecule has 0 amide bonds. The summed E-state index contributed by atoms with van der Waals surface area (Å²) in [5.41, 5.74) is 5.83. The summed E-state index contributed by atoms with van der Waals surface area (Å²) < 4.78 is 0. The number of unbranched alkanes of at least 4 members (excludes halogenated alkanes) is 1. The SMILES string of the molecule is CC(C)=CCCC#CCc1c(O)c(Cl)c(C)c2c1C2. The third-order valence-electron chi connectivity index (χ3n) is 3.44. The number of halogens is 1. The Kier molecular flexibility index (Phi) is 4.22. The Hall–Kier alpha value is -1.39. The number of hydrogen-bond donors (Lipinski definition) is 1. The van der Waals surface area contributed by atoms with E-state index in [-0.39, 0.29) is 5.75 Å². The average molecular weight is 275 g/mol. The predicted molar refractivity (Wildman–Crippen MR) is 80.8 cm³/mol. The van der Waals surface area contributed by atoms with Crippen LogP contribution in [0.5, 0.6) is 5.75 Å². The van der Waals surface area contributed by atoms with E-state index in [2.05, 4.69) is 31.8 Å². The molecule has 100 valence electrons. The van der Waals surface area contributed by atoms with E-state index < -0.39 is 0 Å². The van der Waals surface area contributed by atoms with Gasteiger partial charge in [0.2, 0.25) is 0 Å². The van der Waals surface area contributed by atoms with E-state index in [9.17, 15) is 5.11 Å². The Morgan fingerprint density at radius 3 is 2.74 bits per heavy atom. The molecule has 0 atom stereocenters. The molecule has 19 heavy (non-hydrogen) atoms. The van der Waals surface area contributed by atoms with Crippen molar-refractivity contribution < 1.29 is 5.11 Å². The van der Waals surface area contributed by atoms with Crippen molar-refractivity contribution in [2.24, 2.45) is 0 Å². The standard InChI is InChI=1S/C17H19ClO/c1-11(2)8-6-4-5-7-9-13-15-10-14(15)12(3)16(18)17(13)19/h8,19H,4,6,9-10H2,1-3H3. The highest BCUT2D eigenvalue weighted by Gasteiger charge is 2.28. The molecule has 0 saturated heterocycles. The predicted octanol–water partition coefficient (Wildman–Crippen LogP) is 4.55. The molecule has 0 saturated carbocycles. The number of allylic oxidation sites excluding steroid dienone is 2. The van der Waals surface area contributed by atoms with E-state index in [1.165, 1.54) is 16.7 Å². The van der Waals surface area contributed by atoms with E-state index >= 15 is 0 Å². The van der Waals surface area contributed by atoms with Crippen LogP contribution in [0.25, 0.3) is 0 Å². The van der Waals surface area contributed by atoms with Gasteiger partial charge in [-0.2, -0.15) is 0 Å². The molecule has 0 heterocycles. The first-order valence-corrected chi connectivity index (χ1v) is 7.01. The maximum atomic E-state index is 10.1. The molecule has 1 N–H and O–H groups in total. The maximum Gasteiger partial charge on any atom is 0.138 e. The van der Waals surface area contributed by atoms with Crippen LogP contribution in [-0.4, -0.2) is 5.11 Å². The lowest BCUT2D eigenvalue weighted by molar-refractivity contribution is 0.470. The molecule has 2 rings (SSSR count). The summed E-state index contributed by atoms with van der Waals surface area (Å²) in [4.78, 5) is 0. The third kappa shape index (κ3) is 3.14. The number of phenolic OH excluding ortho intramolecular Hbond substituents is 1.